The minimum absolute atomic E-state index is 0.108. The van der Waals surface area contributed by atoms with Crippen molar-refractivity contribution >= 4 is 28.3 Å². The molecule has 136 valence electrons. The molecule has 0 saturated carbocycles. The van der Waals surface area contributed by atoms with E-state index >= 15 is 0 Å². The first kappa shape index (κ1) is 17.4. The Morgan fingerprint density at radius 3 is 2.30 bits per heavy atom. The van der Waals surface area contributed by atoms with Crippen molar-refractivity contribution in [3.05, 3.63) is 82.4 Å². The molecular weight excluding hydrogens is 358 g/mol. The maximum atomic E-state index is 13.1. The number of hydrogen-bond acceptors (Lipinski definition) is 4. The lowest BCUT2D eigenvalue weighted by molar-refractivity contribution is -0.116. The average molecular weight is 377 g/mol. The molecule has 4 rings (SSSR count). The molecular formula is C21H19N3O2S. The predicted octanol–water partition coefficient (Wildman–Crippen LogP) is 3.59. The second-order valence-electron chi connectivity index (χ2n) is 6.40. The Kier molecular flexibility index (Phi) is 4.98. The third-order valence-corrected chi connectivity index (χ3v) is 5.55. The summed E-state index contributed by atoms with van der Waals surface area (Å²) in [6, 6.07) is 19.3. The Balaban J connectivity index is 1.63. The van der Waals surface area contributed by atoms with E-state index in [9.17, 15) is 9.59 Å². The van der Waals surface area contributed by atoms with E-state index in [1.54, 1.807) is 0 Å². The Morgan fingerprint density at radius 2 is 1.67 bits per heavy atom. The van der Waals surface area contributed by atoms with Gasteiger partial charge in [0.25, 0.3) is 5.91 Å². The first-order valence-electron chi connectivity index (χ1n) is 8.91. The van der Waals surface area contributed by atoms with Crippen molar-refractivity contribution in [2.45, 2.75) is 18.8 Å². The standard InChI is InChI=1S/C21H19N3O2S/c25-19(24-21-23-16-12-7-13-22-20(26)18(16)27-21)17(14-8-3-1-4-9-14)15-10-5-2-6-11-15/h1-6,8-11,17H,7,12-13H2,(H,22,26)(H,23,24,25). The predicted molar refractivity (Wildman–Crippen MR) is 106 cm³/mol. The molecule has 0 saturated heterocycles. The summed E-state index contributed by atoms with van der Waals surface area (Å²) in [6.45, 7) is 0.660. The summed E-state index contributed by atoms with van der Waals surface area (Å²) in [4.78, 5) is 30.4. The van der Waals surface area contributed by atoms with Gasteiger partial charge in [-0.15, -0.1) is 0 Å². The van der Waals surface area contributed by atoms with Crippen LogP contribution >= 0.6 is 11.3 Å². The Labute approximate surface area is 161 Å². The quantitative estimate of drug-likeness (QED) is 0.730. The van der Waals surface area contributed by atoms with Gasteiger partial charge in [0.15, 0.2) is 5.13 Å². The number of aryl methyl sites for hydroxylation is 1. The Hall–Kier alpha value is -2.99. The van der Waals surface area contributed by atoms with E-state index < -0.39 is 5.92 Å². The number of benzene rings is 2. The van der Waals surface area contributed by atoms with Gasteiger partial charge >= 0.3 is 0 Å². The zero-order valence-electron chi connectivity index (χ0n) is 14.6. The van der Waals surface area contributed by atoms with E-state index in [4.69, 9.17) is 0 Å². The number of fused-ring (bicyclic) bond motifs is 1. The zero-order chi connectivity index (χ0) is 18.6. The molecule has 27 heavy (non-hydrogen) atoms. The number of nitrogens with one attached hydrogen (secondary N) is 2. The van der Waals surface area contributed by atoms with E-state index in [1.165, 1.54) is 11.3 Å². The molecule has 6 heteroatoms. The van der Waals surface area contributed by atoms with Crippen LogP contribution in [0, 0.1) is 0 Å². The van der Waals surface area contributed by atoms with Gasteiger partial charge in [-0.25, -0.2) is 4.98 Å². The summed E-state index contributed by atoms with van der Waals surface area (Å²) in [5.41, 5.74) is 2.59. The summed E-state index contributed by atoms with van der Waals surface area (Å²) >= 11 is 1.24. The topological polar surface area (TPSA) is 71.1 Å². The zero-order valence-corrected chi connectivity index (χ0v) is 15.5. The number of carbonyl (C=O) groups excluding carboxylic acids is 2. The van der Waals surface area contributed by atoms with E-state index in [1.807, 2.05) is 60.7 Å². The van der Waals surface area contributed by atoms with Crippen LogP contribution in [0.5, 0.6) is 0 Å². The highest BCUT2D eigenvalue weighted by Gasteiger charge is 2.26. The van der Waals surface area contributed by atoms with Crippen molar-refractivity contribution in [1.82, 2.24) is 10.3 Å². The van der Waals surface area contributed by atoms with Crippen LogP contribution in [0.4, 0.5) is 5.13 Å². The third-order valence-electron chi connectivity index (χ3n) is 4.54. The van der Waals surface area contributed by atoms with Crippen molar-refractivity contribution in [3.8, 4) is 0 Å². The van der Waals surface area contributed by atoms with Crippen LogP contribution in [-0.4, -0.2) is 23.3 Å². The molecule has 5 nitrogen and oxygen atoms in total. The number of aromatic nitrogens is 1. The van der Waals surface area contributed by atoms with Gasteiger partial charge in [-0.05, 0) is 24.0 Å². The van der Waals surface area contributed by atoms with Crippen LogP contribution in [0.2, 0.25) is 0 Å². The normalized spacial score (nSPS) is 13.6. The van der Waals surface area contributed by atoms with E-state index in [0.29, 0.717) is 16.6 Å². The van der Waals surface area contributed by atoms with Gasteiger partial charge in [-0.2, -0.15) is 0 Å². The number of anilines is 1. The van der Waals surface area contributed by atoms with Gasteiger partial charge in [0.1, 0.15) is 4.88 Å². The van der Waals surface area contributed by atoms with Crippen molar-refractivity contribution < 1.29 is 9.59 Å². The highest BCUT2D eigenvalue weighted by atomic mass is 32.1. The lowest BCUT2D eigenvalue weighted by Gasteiger charge is -2.17. The average Bonchev–Trinajstić information content (AvgIpc) is 3.01. The van der Waals surface area contributed by atoms with Crippen LogP contribution in [0.25, 0.3) is 0 Å². The van der Waals surface area contributed by atoms with Gasteiger partial charge in [0.05, 0.1) is 11.6 Å². The molecule has 0 radical (unpaired) electrons. The maximum Gasteiger partial charge on any atom is 0.263 e. The van der Waals surface area contributed by atoms with E-state index in [-0.39, 0.29) is 11.8 Å². The van der Waals surface area contributed by atoms with Gasteiger partial charge in [0, 0.05) is 6.54 Å². The molecule has 1 aliphatic heterocycles. The lowest BCUT2D eigenvalue weighted by Crippen LogP contribution is -2.22. The number of thiazole rings is 1. The number of hydrogen-bond donors (Lipinski definition) is 2. The van der Waals surface area contributed by atoms with E-state index in [0.717, 1.165) is 29.7 Å². The van der Waals surface area contributed by atoms with Gasteiger partial charge < -0.3 is 10.6 Å². The largest absolute Gasteiger partial charge is 0.351 e. The monoisotopic (exact) mass is 377 g/mol. The first-order chi connectivity index (χ1) is 13.2. The van der Waals surface area contributed by atoms with Crippen molar-refractivity contribution in [3.63, 3.8) is 0 Å². The highest BCUT2D eigenvalue weighted by molar-refractivity contribution is 7.17. The fourth-order valence-corrected chi connectivity index (χ4v) is 4.19. The smallest absolute Gasteiger partial charge is 0.263 e. The number of amides is 2. The molecule has 2 N–H and O–H groups in total. The molecule has 0 atom stereocenters. The number of nitrogens with zero attached hydrogens (tertiary/aromatic N) is 1. The molecule has 3 aromatic rings. The summed E-state index contributed by atoms with van der Waals surface area (Å²) in [5.74, 6) is -0.704. The molecule has 2 aromatic carbocycles. The third kappa shape index (κ3) is 3.75. The SMILES string of the molecule is O=C1NCCCc2nc(NC(=O)C(c3ccccc3)c3ccccc3)sc21. The molecule has 2 heterocycles. The van der Waals surface area contributed by atoms with Crippen molar-refractivity contribution in [2.24, 2.45) is 0 Å². The van der Waals surface area contributed by atoms with Crippen molar-refractivity contribution in [1.29, 1.82) is 0 Å². The summed E-state index contributed by atoms with van der Waals surface area (Å²) in [7, 11) is 0. The molecule has 2 amide bonds. The number of carbonyl (C=O) groups is 2. The van der Waals surface area contributed by atoms with E-state index in [2.05, 4.69) is 15.6 Å². The molecule has 0 bridgehead atoms. The fraction of sp³-hybridized carbons (Fsp3) is 0.190. The number of rotatable bonds is 4. The minimum atomic E-state index is -0.440. The maximum absolute atomic E-state index is 13.1. The van der Waals surface area contributed by atoms with Crippen LogP contribution in [0.1, 0.15) is 38.8 Å². The van der Waals surface area contributed by atoms with Gasteiger partial charge in [-0.1, -0.05) is 72.0 Å². The Morgan fingerprint density at radius 1 is 1.04 bits per heavy atom. The Bertz CT molecular complexity index is 915. The molecule has 1 aromatic heterocycles. The van der Waals surface area contributed by atoms with Crippen LogP contribution < -0.4 is 10.6 Å². The summed E-state index contributed by atoms with van der Waals surface area (Å²) in [6.07, 6.45) is 1.59. The summed E-state index contributed by atoms with van der Waals surface area (Å²) in [5, 5.41) is 6.26. The fourth-order valence-electron chi connectivity index (χ4n) is 3.25. The molecule has 0 spiro atoms. The van der Waals surface area contributed by atoms with Crippen LogP contribution in [0.15, 0.2) is 60.7 Å². The molecule has 0 fully saturated rings. The first-order valence-corrected chi connectivity index (χ1v) is 9.72. The van der Waals surface area contributed by atoms with Crippen LogP contribution in [0.3, 0.4) is 0 Å². The summed E-state index contributed by atoms with van der Waals surface area (Å²) < 4.78 is 0. The lowest BCUT2D eigenvalue weighted by atomic mass is 9.90. The highest BCUT2D eigenvalue weighted by Crippen LogP contribution is 2.29. The molecule has 0 unspecified atom stereocenters. The molecule has 0 aliphatic carbocycles. The minimum Gasteiger partial charge on any atom is -0.351 e. The second kappa shape index (κ2) is 7.72. The second-order valence-corrected chi connectivity index (χ2v) is 7.40. The van der Waals surface area contributed by atoms with Crippen LogP contribution in [-0.2, 0) is 11.2 Å². The van der Waals surface area contributed by atoms with Gasteiger partial charge in [-0.3, -0.25) is 9.59 Å². The van der Waals surface area contributed by atoms with Crippen molar-refractivity contribution in [2.75, 3.05) is 11.9 Å². The molecule has 1 aliphatic rings. The van der Waals surface area contributed by atoms with Gasteiger partial charge in [0.2, 0.25) is 5.91 Å².